The number of terminal acetylenes is 1. The number of amides is 1. The average Bonchev–Trinajstić information content (AvgIpc) is 2.17. The van der Waals surface area contributed by atoms with Crippen molar-refractivity contribution in [3.05, 3.63) is 28.5 Å². The standard InChI is InChI=1S/C11H11ClN2O/c1-4-7(2)14-11(15)9-6-13-8(3)5-10(9)12/h1,5-7H,2-3H3,(H,14,15). The van der Waals surface area contributed by atoms with Crippen LogP contribution in [0.25, 0.3) is 0 Å². The molecule has 0 aromatic carbocycles. The first-order valence-corrected chi connectivity index (χ1v) is 4.81. The van der Waals surface area contributed by atoms with Crippen LogP contribution < -0.4 is 5.32 Å². The highest BCUT2D eigenvalue weighted by atomic mass is 35.5. The van der Waals surface area contributed by atoms with Crippen LogP contribution in [0.1, 0.15) is 23.0 Å². The van der Waals surface area contributed by atoms with Crippen LogP contribution >= 0.6 is 11.6 Å². The Labute approximate surface area is 93.9 Å². The zero-order chi connectivity index (χ0) is 11.4. The van der Waals surface area contributed by atoms with E-state index in [1.54, 1.807) is 19.9 Å². The molecule has 1 heterocycles. The maximum absolute atomic E-state index is 11.6. The van der Waals surface area contributed by atoms with Crippen LogP contribution in [-0.2, 0) is 0 Å². The lowest BCUT2D eigenvalue weighted by Gasteiger charge is -2.08. The predicted molar refractivity (Wildman–Crippen MR) is 59.7 cm³/mol. The van der Waals surface area contributed by atoms with Crippen molar-refractivity contribution in [2.75, 3.05) is 0 Å². The first-order chi connectivity index (χ1) is 7.04. The average molecular weight is 223 g/mol. The molecule has 1 aromatic heterocycles. The molecule has 1 unspecified atom stereocenters. The fourth-order valence-electron chi connectivity index (χ4n) is 1.01. The third kappa shape index (κ3) is 2.97. The SMILES string of the molecule is C#CC(C)NC(=O)c1cnc(C)cc1Cl. The van der Waals surface area contributed by atoms with Crippen molar-refractivity contribution in [1.29, 1.82) is 0 Å². The van der Waals surface area contributed by atoms with Crippen LogP contribution in [0.5, 0.6) is 0 Å². The summed E-state index contributed by atoms with van der Waals surface area (Å²) in [6.45, 7) is 3.52. The van der Waals surface area contributed by atoms with Gasteiger partial charge in [-0.1, -0.05) is 17.5 Å². The number of rotatable bonds is 2. The Hall–Kier alpha value is -1.53. The minimum Gasteiger partial charge on any atom is -0.339 e. The quantitative estimate of drug-likeness (QED) is 0.776. The molecule has 0 saturated heterocycles. The summed E-state index contributed by atoms with van der Waals surface area (Å²) >= 11 is 5.90. The smallest absolute Gasteiger partial charge is 0.255 e. The van der Waals surface area contributed by atoms with Gasteiger partial charge in [-0.15, -0.1) is 6.42 Å². The number of nitrogens with zero attached hydrogens (tertiary/aromatic N) is 1. The molecule has 0 aliphatic carbocycles. The third-order valence-corrected chi connectivity index (χ3v) is 2.15. The summed E-state index contributed by atoms with van der Waals surface area (Å²) in [6.07, 6.45) is 6.59. The third-order valence-electron chi connectivity index (χ3n) is 1.83. The Bertz CT molecular complexity index is 423. The molecule has 0 spiro atoms. The van der Waals surface area contributed by atoms with E-state index in [0.29, 0.717) is 10.6 Å². The van der Waals surface area contributed by atoms with Crippen LogP contribution in [0.2, 0.25) is 5.02 Å². The first kappa shape index (κ1) is 11.5. The fraction of sp³-hybridized carbons (Fsp3) is 0.273. The molecule has 0 saturated carbocycles. The van der Waals surface area contributed by atoms with E-state index in [4.69, 9.17) is 18.0 Å². The number of carbonyl (C=O) groups is 1. The molecule has 0 aliphatic rings. The van der Waals surface area contributed by atoms with Crippen LogP contribution in [-0.4, -0.2) is 16.9 Å². The Morgan fingerprint density at radius 1 is 1.73 bits per heavy atom. The number of aromatic nitrogens is 1. The molecular formula is C11H11ClN2O. The summed E-state index contributed by atoms with van der Waals surface area (Å²) in [5, 5.41) is 2.99. The number of aryl methyl sites for hydroxylation is 1. The van der Waals surface area contributed by atoms with Crippen molar-refractivity contribution in [2.45, 2.75) is 19.9 Å². The fourth-order valence-corrected chi connectivity index (χ4v) is 1.30. The van der Waals surface area contributed by atoms with E-state index in [2.05, 4.69) is 16.2 Å². The van der Waals surface area contributed by atoms with Gasteiger partial charge in [0.05, 0.1) is 16.6 Å². The molecule has 1 N–H and O–H groups in total. The zero-order valence-corrected chi connectivity index (χ0v) is 9.30. The van der Waals surface area contributed by atoms with E-state index in [1.165, 1.54) is 6.20 Å². The van der Waals surface area contributed by atoms with Crippen LogP contribution in [0, 0.1) is 19.3 Å². The number of halogens is 1. The van der Waals surface area contributed by atoms with Gasteiger partial charge in [0.1, 0.15) is 0 Å². The normalized spacial score (nSPS) is 11.6. The molecule has 78 valence electrons. The molecule has 1 amide bonds. The van der Waals surface area contributed by atoms with Crippen molar-refractivity contribution in [1.82, 2.24) is 10.3 Å². The Kier molecular flexibility index (Phi) is 3.70. The summed E-state index contributed by atoms with van der Waals surface area (Å²) in [6, 6.07) is 1.31. The minimum atomic E-state index is -0.324. The lowest BCUT2D eigenvalue weighted by Crippen LogP contribution is -2.31. The van der Waals surface area contributed by atoms with Gasteiger partial charge in [0, 0.05) is 11.9 Å². The lowest BCUT2D eigenvalue weighted by atomic mass is 10.2. The van der Waals surface area contributed by atoms with E-state index in [9.17, 15) is 4.79 Å². The lowest BCUT2D eigenvalue weighted by molar-refractivity contribution is 0.0948. The second-order valence-electron chi connectivity index (χ2n) is 3.17. The second-order valence-corrected chi connectivity index (χ2v) is 3.57. The van der Waals surface area contributed by atoms with E-state index >= 15 is 0 Å². The van der Waals surface area contributed by atoms with E-state index in [-0.39, 0.29) is 11.9 Å². The van der Waals surface area contributed by atoms with Crippen LogP contribution in [0.15, 0.2) is 12.3 Å². The van der Waals surface area contributed by atoms with Gasteiger partial charge in [-0.25, -0.2) is 0 Å². The van der Waals surface area contributed by atoms with Gasteiger partial charge in [-0.3, -0.25) is 9.78 Å². The number of carbonyl (C=O) groups excluding carboxylic acids is 1. The highest BCUT2D eigenvalue weighted by molar-refractivity contribution is 6.33. The van der Waals surface area contributed by atoms with Gasteiger partial charge in [0.2, 0.25) is 0 Å². The van der Waals surface area contributed by atoms with Crippen LogP contribution in [0.4, 0.5) is 0 Å². The Morgan fingerprint density at radius 2 is 2.40 bits per heavy atom. The number of nitrogens with one attached hydrogen (secondary N) is 1. The Morgan fingerprint density at radius 3 is 2.93 bits per heavy atom. The van der Waals surface area contributed by atoms with Gasteiger partial charge in [-0.05, 0) is 19.9 Å². The molecule has 1 rings (SSSR count). The van der Waals surface area contributed by atoms with E-state index in [0.717, 1.165) is 5.69 Å². The number of pyridine rings is 1. The van der Waals surface area contributed by atoms with Gasteiger partial charge >= 0.3 is 0 Å². The minimum absolute atomic E-state index is 0.307. The molecule has 0 fully saturated rings. The van der Waals surface area contributed by atoms with Crippen molar-refractivity contribution in [3.8, 4) is 12.3 Å². The molecule has 4 heteroatoms. The second kappa shape index (κ2) is 4.81. The van der Waals surface area contributed by atoms with Gasteiger partial charge in [-0.2, -0.15) is 0 Å². The summed E-state index contributed by atoms with van der Waals surface area (Å²) in [5.41, 5.74) is 1.10. The molecule has 0 radical (unpaired) electrons. The van der Waals surface area contributed by atoms with Crippen molar-refractivity contribution >= 4 is 17.5 Å². The molecule has 0 aliphatic heterocycles. The predicted octanol–water partition coefficient (Wildman–Crippen LogP) is 1.79. The largest absolute Gasteiger partial charge is 0.339 e. The molecule has 15 heavy (non-hydrogen) atoms. The highest BCUT2D eigenvalue weighted by Gasteiger charge is 2.12. The summed E-state index contributed by atoms with van der Waals surface area (Å²) in [4.78, 5) is 15.6. The van der Waals surface area contributed by atoms with Gasteiger partial charge < -0.3 is 5.32 Å². The van der Waals surface area contributed by atoms with Gasteiger partial charge in [0.15, 0.2) is 0 Å². The summed E-state index contributed by atoms with van der Waals surface area (Å²) < 4.78 is 0. The monoisotopic (exact) mass is 222 g/mol. The Balaban J connectivity index is 2.88. The van der Waals surface area contributed by atoms with E-state index < -0.39 is 0 Å². The van der Waals surface area contributed by atoms with Crippen LogP contribution in [0.3, 0.4) is 0 Å². The topological polar surface area (TPSA) is 42.0 Å². The highest BCUT2D eigenvalue weighted by Crippen LogP contribution is 2.15. The first-order valence-electron chi connectivity index (χ1n) is 4.43. The zero-order valence-electron chi connectivity index (χ0n) is 8.54. The van der Waals surface area contributed by atoms with Gasteiger partial charge in [0.25, 0.3) is 5.91 Å². The number of hydrogen-bond donors (Lipinski definition) is 1. The van der Waals surface area contributed by atoms with E-state index in [1.807, 2.05) is 0 Å². The molecular weight excluding hydrogens is 212 g/mol. The molecule has 1 atom stereocenters. The molecule has 3 nitrogen and oxygen atoms in total. The summed E-state index contributed by atoms with van der Waals surface area (Å²) in [7, 11) is 0. The summed E-state index contributed by atoms with van der Waals surface area (Å²) in [5.74, 6) is 2.09. The van der Waals surface area contributed by atoms with Crippen molar-refractivity contribution < 1.29 is 4.79 Å². The molecule has 1 aromatic rings. The van der Waals surface area contributed by atoms with Crippen molar-refractivity contribution in [3.63, 3.8) is 0 Å². The maximum atomic E-state index is 11.6. The molecule has 0 bridgehead atoms. The van der Waals surface area contributed by atoms with Crippen molar-refractivity contribution in [2.24, 2.45) is 0 Å². The maximum Gasteiger partial charge on any atom is 0.255 e. The number of hydrogen-bond acceptors (Lipinski definition) is 2.